The van der Waals surface area contributed by atoms with Crippen molar-refractivity contribution in [2.75, 3.05) is 13.2 Å². The number of hydrogen-bond acceptors (Lipinski definition) is 6. The van der Waals surface area contributed by atoms with Gasteiger partial charge in [0, 0.05) is 11.1 Å². The molecular weight excluding hydrogens is 264 g/mol. The molecule has 20 heavy (non-hydrogen) atoms. The lowest BCUT2D eigenvalue weighted by Crippen LogP contribution is -2.36. The molecule has 0 aromatic carbocycles. The maximum atomic E-state index is 11.5. The summed E-state index contributed by atoms with van der Waals surface area (Å²) in [6.45, 7) is 10.6. The van der Waals surface area contributed by atoms with E-state index in [1.54, 1.807) is 13.8 Å². The van der Waals surface area contributed by atoms with Gasteiger partial charge in [-0.3, -0.25) is 0 Å². The van der Waals surface area contributed by atoms with E-state index in [1.807, 2.05) is 0 Å². The van der Waals surface area contributed by atoms with Crippen molar-refractivity contribution in [3.8, 4) is 0 Å². The Bertz CT molecular complexity index is 413. The Morgan fingerprint density at radius 3 is 1.55 bits per heavy atom. The topological polar surface area (TPSA) is 71.1 Å². The van der Waals surface area contributed by atoms with Crippen molar-refractivity contribution >= 4 is 11.9 Å². The molecule has 2 fully saturated rings. The van der Waals surface area contributed by atoms with Crippen molar-refractivity contribution in [2.45, 2.75) is 38.3 Å². The maximum Gasteiger partial charge on any atom is 0.333 e. The first kappa shape index (κ1) is 14.7. The van der Waals surface area contributed by atoms with Crippen LogP contribution in [0.1, 0.15) is 13.8 Å². The fourth-order valence-corrected chi connectivity index (χ4v) is 2.11. The highest BCUT2D eigenvalue weighted by atomic mass is 16.7. The van der Waals surface area contributed by atoms with E-state index in [0.717, 1.165) is 0 Å². The lowest BCUT2D eigenvalue weighted by molar-refractivity contribution is -0.150. The average molecular weight is 282 g/mol. The SMILES string of the molecule is C=C(C)C(=O)OC1COC2C1OC[C@H]2OC(=O)C(=C)C. The summed E-state index contributed by atoms with van der Waals surface area (Å²) in [5.74, 6) is -0.963. The number of ether oxygens (including phenoxy) is 4. The van der Waals surface area contributed by atoms with Crippen molar-refractivity contribution in [1.82, 2.24) is 0 Å². The van der Waals surface area contributed by atoms with E-state index in [2.05, 4.69) is 13.2 Å². The first-order valence-electron chi connectivity index (χ1n) is 6.36. The third-order valence-electron chi connectivity index (χ3n) is 3.18. The fraction of sp³-hybridized carbons (Fsp3) is 0.571. The van der Waals surface area contributed by atoms with Gasteiger partial charge in [-0.25, -0.2) is 9.59 Å². The minimum atomic E-state index is -0.502. The Morgan fingerprint density at radius 1 is 0.900 bits per heavy atom. The minimum Gasteiger partial charge on any atom is -0.454 e. The lowest BCUT2D eigenvalue weighted by Gasteiger charge is -2.17. The molecule has 0 aliphatic carbocycles. The number of hydrogen-bond donors (Lipinski definition) is 0. The van der Waals surface area contributed by atoms with Crippen LogP contribution in [0.2, 0.25) is 0 Å². The summed E-state index contributed by atoms with van der Waals surface area (Å²) in [5, 5.41) is 0. The number of esters is 2. The van der Waals surface area contributed by atoms with Crippen molar-refractivity contribution in [2.24, 2.45) is 0 Å². The molecule has 2 rings (SSSR count). The molecule has 3 unspecified atom stereocenters. The van der Waals surface area contributed by atoms with Gasteiger partial charge >= 0.3 is 11.9 Å². The van der Waals surface area contributed by atoms with Gasteiger partial charge in [-0.05, 0) is 13.8 Å². The van der Waals surface area contributed by atoms with Crippen LogP contribution in [-0.4, -0.2) is 49.6 Å². The molecule has 110 valence electrons. The molecule has 0 amide bonds. The summed E-state index contributed by atoms with van der Waals surface area (Å²) >= 11 is 0. The Kier molecular flexibility index (Phi) is 4.25. The summed E-state index contributed by atoms with van der Waals surface area (Å²) in [6, 6.07) is 0. The second kappa shape index (κ2) is 5.76. The van der Waals surface area contributed by atoms with Gasteiger partial charge in [0.15, 0.2) is 12.2 Å². The van der Waals surface area contributed by atoms with Crippen LogP contribution in [0.25, 0.3) is 0 Å². The minimum absolute atomic E-state index is 0.218. The average Bonchev–Trinajstić information content (AvgIpc) is 2.93. The van der Waals surface area contributed by atoms with E-state index in [1.165, 1.54) is 0 Å². The Labute approximate surface area is 117 Å². The van der Waals surface area contributed by atoms with Crippen molar-refractivity contribution in [3.05, 3.63) is 24.3 Å². The number of carbonyl (C=O) groups excluding carboxylic acids is 2. The third kappa shape index (κ3) is 2.91. The molecule has 0 spiro atoms. The molecule has 2 saturated heterocycles. The van der Waals surface area contributed by atoms with Gasteiger partial charge in [0.05, 0.1) is 13.2 Å². The Morgan fingerprint density at radius 2 is 1.25 bits per heavy atom. The first-order chi connectivity index (χ1) is 9.40. The second-order valence-corrected chi connectivity index (χ2v) is 5.04. The summed E-state index contributed by atoms with van der Waals surface area (Å²) < 4.78 is 21.5. The molecule has 2 aliphatic heterocycles. The Balaban J connectivity index is 1.94. The molecule has 0 N–H and O–H groups in total. The monoisotopic (exact) mass is 282 g/mol. The molecule has 2 aliphatic rings. The highest BCUT2D eigenvalue weighted by Crippen LogP contribution is 2.31. The maximum absolute atomic E-state index is 11.5. The van der Waals surface area contributed by atoms with Gasteiger partial charge in [-0.15, -0.1) is 0 Å². The summed E-state index contributed by atoms with van der Waals surface area (Å²) in [4.78, 5) is 23.0. The normalized spacial score (nSPS) is 31.5. The second-order valence-electron chi connectivity index (χ2n) is 5.04. The van der Waals surface area contributed by atoms with E-state index in [0.29, 0.717) is 11.1 Å². The predicted molar refractivity (Wildman–Crippen MR) is 68.9 cm³/mol. The summed E-state index contributed by atoms with van der Waals surface area (Å²) in [5.41, 5.74) is 0.633. The smallest absolute Gasteiger partial charge is 0.333 e. The van der Waals surface area contributed by atoms with Crippen LogP contribution < -0.4 is 0 Å². The number of fused-ring (bicyclic) bond motifs is 1. The molecule has 0 saturated carbocycles. The highest BCUT2D eigenvalue weighted by Gasteiger charge is 2.51. The van der Waals surface area contributed by atoms with E-state index < -0.39 is 36.4 Å². The molecule has 2 heterocycles. The fourth-order valence-electron chi connectivity index (χ4n) is 2.11. The van der Waals surface area contributed by atoms with E-state index in [4.69, 9.17) is 18.9 Å². The van der Waals surface area contributed by atoms with Crippen LogP contribution in [0, 0.1) is 0 Å². The number of carbonyl (C=O) groups is 2. The van der Waals surface area contributed by atoms with Crippen LogP contribution in [-0.2, 0) is 28.5 Å². The van der Waals surface area contributed by atoms with Crippen LogP contribution in [0.4, 0.5) is 0 Å². The Hall–Kier alpha value is -1.66. The standard InChI is InChI=1S/C14H18O6/c1-7(2)13(15)19-9-5-17-12-10(6-18-11(9)12)20-14(16)8(3)4/h9-12H,1,3,5-6H2,2,4H3/t9-,10?,11?,12?/m1/s1. The lowest BCUT2D eigenvalue weighted by atomic mass is 10.1. The van der Waals surface area contributed by atoms with Crippen LogP contribution in [0.15, 0.2) is 24.3 Å². The molecule has 0 aromatic heterocycles. The largest absolute Gasteiger partial charge is 0.454 e. The third-order valence-corrected chi connectivity index (χ3v) is 3.18. The molecular formula is C14H18O6. The zero-order valence-corrected chi connectivity index (χ0v) is 11.6. The van der Waals surface area contributed by atoms with Crippen LogP contribution in [0.5, 0.6) is 0 Å². The van der Waals surface area contributed by atoms with E-state index in [9.17, 15) is 9.59 Å². The molecule has 4 atom stereocenters. The van der Waals surface area contributed by atoms with Crippen molar-refractivity contribution < 1.29 is 28.5 Å². The molecule has 0 aromatic rings. The van der Waals surface area contributed by atoms with Crippen LogP contribution in [0.3, 0.4) is 0 Å². The van der Waals surface area contributed by atoms with Gasteiger partial charge < -0.3 is 18.9 Å². The van der Waals surface area contributed by atoms with Crippen molar-refractivity contribution in [3.63, 3.8) is 0 Å². The molecule has 0 bridgehead atoms. The van der Waals surface area contributed by atoms with Gasteiger partial charge in [-0.1, -0.05) is 13.2 Å². The summed E-state index contributed by atoms with van der Waals surface area (Å²) in [7, 11) is 0. The van der Waals surface area contributed by atoms with Gasteiger partial charge in [0.2, 0.25) is 0 Å². The zero-order chi connectivity index (χ0) is 14.9. The number of rotatable bonds is 4. The summed E-state index contributed by atoms with van der Waals surface area (Å²) in [6.07, 6.45) is -1.84. The first-order valence-corrected chi connectivity index (χ1v) is 6.36. The van der Waals surface area contributed by atoms with Gasteiger partial charge in [0.25, 0.3) is 0 Å². The quantitative estimate of drug-likeness (QED) is 0.560. The molecule has 6 heteroatoms. The molecule has 0 radical (unpaired) electrons. The van der Waals surface area contributed by atoms with Crippen molar-refractivity contribution in [1.29, 1.82) is 0 Å². The predicted octanol–water partition coefficient (Wildman–Crippen LogP) is 0.760. The molecule has 6 nitrogen and oxygen atoms in total. The van der Waals surface area contributed by atoms with E-state index in [-0.39, 0.29) is 13.2 Å². The van der Waals surface area contributed by atoms with Crippen LogP contribution >= 0.6 is 0 Å². The van der Waals surface area contributed by atoms with Gasteiger partial charge in [-0.2, -0.15) is 0 Å². The van der Waals surface area contributed by atoms with E-state index >= 15 is 0 Å². The highest BCUT2D eigenvalue weighted by molar-refractivity contribution is 5.87. The van der Waals surface area contributed by atoms with Gasteiger partial charge in [0.1, 0.15) is 12.2 Å². The zero-order valence-electron chi connectivity index (χ0n) is 11.6.